The number of rotatable bonds is 3. The molecule has 5 nitrogen and oxygen atoms in total. The number of hydrogen-bond acceptors (Lipinski definition) is 4. The van der Waals surface area contributed by atoms with E-state index in [1.165, 1.54) is 6.20 Å². The molecule has 1 aliphatic rings. The highest BCUT2D eigenvalue weighted by Crippen LogP contribution is 2.31. The number of anilines is 2. The van der Waals surface area contributed by atoms with Gasteiger partial charge < -0.3 is 5.73 Å². The molecule has 1 fully saturated rings. The van der Waals surface area contributed by atoms with Crippen LogP contribution in [0.5, 0.6) is 0 Å². The molecule has 2 rings (SSSR count). The average molecular weight is 292 g/mol. The Morgan fingerprint density at radius 2 is 2.20 bits per heavy atom. The highest BCUT2D eigenvalue weighted by molar-refractivity contribution is 9.10. The fourth-order valence-corrected chi connectivity index (χ4v) is 2.87. The van der Waals surface area contributed by atoms with Crippen molar-refractivity contribution in [1.82, 2.24) is 4.98 Å². The number of nitrogens with two attached hydrogens (primary N) is 1. The molecule has 1 heterocycles. The number of aromatic nitrogens is 1. The lowest BCUT2D eigenvalue weighted by atomic mass is 10.4. The molecule has 82 valence electrons. The van der Waals surface area contributed by atoms with Gasteiger partial charge in [-0.25, -0.2) is 13.4 Å². The number of hydrogen-bond donors (Lipinski definition) is 2. The van der Waals surface area contributed by atoms with E-state index in [1.54, 1.807) is 6.07 Å². The molecule has 1 aromatic rings. The van der Waals surface area contributed by atoms with E-state index in [0.717, 1.165) is 12.8 Å². The molecule has 0 bridgehead atoms. The van der Waals surface area contributed by atoms with Gasteiger partial charge in [0.1, 0.15) is 5.82 Å². The van der Waals surface area contributed by atoms with E-state index in [0.29, 0.717) is 10.2 Å². The summed E-state index contributed by atoms with van der Waals surface area (Å²) >= 11 is 3.20. The summed E-state index contributed by atoms with van der Waals surface area (Å²) in [5.41, 5.74) is 5.89. The first-order valence-corrected chi connectivity index (χ1v) is 6.75. The Hall–Kier alpha value is -0.820. The Bertz CT molecular complexity index is 485. The Kier molecular flexibility index (Phi) is 2.59. The molecule has 1 saturated carbocycles. The minimum absolute atomic E-state index is 0.183. The lowest BCUT2D eigenvalue weighted by Gasteiger charge is -2.08. The fourth-order valence-electron chi connectivity index (χ4n) is 1.15. The first-order valence-electron chi connectivity index (χ1n) is 4.42. The molecule has 0 radical (unpaired) electrons. The van der Waals surface area contributed by atoms with Crippen LogP contribution < -0.4 is 10.5 Å². The maximum absolute atomic E-state index is 11.6. The monoisotopic (exact) mass is 291 g/mol. The van der Waals surface area contributed by atoms with Gasteiger partial charge in [-0.3, -0.25) is 4.72 Å². The normalized spacial score (nSPS) is 16.3. The maximum Gasteiger partial charge on any atom is 0.235 e. The van der Waals surface area contributed by atoms with Gasteiger partial charge in [0.25, 0.3) is 0 Å². The summed E-state index contributed by atoms with van der Waals surface area (Å²) < 4.78 is 26.4. The summed E-state index contributed by atoms with van der Waals surface area (Å²) in [7, 11) is -3.27. The summed E-state index contributed by atoms with van der Waals surface area (Å²) in [4.78, 5) is 3.85. The van der Waals surface area contributed by atoms with Crippen molar-refractivity contribution in [3.05, 3.63) is 16.7 Å². The molecule has 3 N–H and O–H groups in total. The SMILES string of the molecule is Nc1ncc(Br)cc1NS(=O)(=O)C1CC1. The molecule has 0 atom stereocenters. The van der Waals surface area contributed by atoms with Crippen LogP contribution in [0.15, 0.2) is 16.7 Å². The summed E-state index contributed by atoms with van der Waals surface area (Å²) in [6.45, 7) is 0. The quantitative estimate of drug-likeness (QED) is 0.880. The smallest absolute Gasteiger partial charge is 0.235 e. The first-order chi connectivity index (χ1) is 6.99. The van der Waals surface area contributed by atoms with Crippen molar-refractivity contribution in [3.8, 4) is 0 Å². The number of nitrogens with zero attached hydrogens (tertiary/aromatic N) is 1. The van der Waals surface area contributed by atoms with E-state index in [1.807, 2.05) is 0 Å². The van der Waals surface area contributed by atoms with Gasteiger partial charge in [0.2, 0.25) is 10.0 Å². The Balaban J connectivity index is 2.27. The lowest BCUT2D eigenvalue weighted by molar-refractivity contribution is 0.600. The summed E-state index contributed by atoms with van der Waals surface area (Å²) in [5, 5.41) is -0.268. The van der Waals surface area contributed by atoms with Crippen LogP contribution in [0, 0.1) is 0 Å². The van der Waals surface area contributed by atoms with Gasteiger partial charge in [-0.05, 0) is 34.8 Å². The molecule has 1 aromatic heterocycles. The van der Waals surface area contributed by atoms with Gasteiger partial charge in [-0.15, -0.1) is 0 Å². The van der Waals surface area contributed by atoms with Gasteiger partial charge in [0.15, 0.2) is 0 Å². The Morgan fingerprint density at radius 1 is 1.53 bits per heavy atom. The van der Waals surface area contributed by atoms with Gasteiger partial charge in [-0.2, -0.15) is 0 Å². The third kappa shape index (κ3) is 2.40. The number of nitrogen functional groups attached to an aromatic ring is 1. The van der Waals surface area contributed by atoms with Gasteiger partial charge in [-0.1, -0.05) is 0 Å². The van der Waals surface area contributed by atoms with E-state index in [4.69, 9.17) is 5.73 Å². The van der Waals surface area contributed by atoms with Crippen molar-refractivity contribution in [3.63, 3.8) is 0 Å². The topological polar surface area (TPSA) is 85.1 Å². The molecular formula is C8H10BrN3O2S. The molecule has 0 spiro atoms. The van der Waals surface area contributed by atoms with E-state index >= 15 is 0 Å². The molecule has 0 saturated heterocycles. The third-order valence-corrected chi connectivity index (χ3v) is 4.39. The number of sulfonamides is 1. The maximum atomic E-state index is 11.6. The highest BCUT2D eigenvalue weighted by atomic mass is 79.9. The van der Waals surface area contributed by atoms with Crippen molar-refractivity contribution < 1.29 is 8.42 Å². The van der Waals surface area contributed by atoms with E-state index in [2.05, 4.69) is 25.6 Å². The minimum Gasteiger partial charge on any atom is -0.382 e. The van der Waals surface area contributed by atoms with Gasteiger partial charge in [0.05, 0.1) is 10.9 Å². The van der Waals surface area contributed by atoms with Crippen LogP contribution in [0.2, 0.25) is 0 Å². The van der Waals surface area contributed by atoms with Crippen molar-refractivity contribution in [2.75, 3.05) is 10.5 Å². The van der Waals surface area contributed by atoms with E-state index in [-0.39, 0.29) is 11.1 Å². The predicted octanol–water partition coefficient (Wildman–Crippen LogP) is 1.33. The summed E-state index contributed by atoms with van der Waals surface area (Å²) in [6.07, 6.45) is 2.96. The van der Waals surface area contributed by atoms with Crippen LogP contribution in [-0.4, -0.2) is 18.7 Å². The number of nitrogens with one attached hydrogen (secondary N) is 1. The van der Waals surface area contributed by atoms with Crippen LogP contribution in [0.1, 0.15) is 12.8 Å². The van der Waals surface area contributed by atoms with Crippen molar-refractivity contribution in [2.24, 2.45) is 0 Å². The van der Waals surface area contributed by atoms with Crippen LogP contribution in [0.25, 0.3) is 0 Å². The van der Waals surface area contributed by atoms with Crippen molar-refractivity contribution >= 4 is 37.5 Å². The third-order valence-electron chi connectivity index (χ3n) is 2.10. The summed E-state index contributed by atoms with van der Waals surface area (Å²) in [5.74, 6) is 0.183. The van der Waals surface area contributed by atoms with E-state index in [9.17, 15) is 8.42 Å². The van der Waals surface area contributed by atoms with Crippen LogP contribution in [0.4, 0.5) is 11.5 Å². The zero-order chi connectivity index (χ0) is 11.1. The zero-order valence-electron chi connectivity index (χ0n) is 7.77. The molecule has 0 aromatic carbocycles. The average Bonchev–Trinajstić information content (AvgIpc) is 2.93. The van der Waals surface area contributed by atoms with Crippen LogP contribution in [-0.2, 0) is 10.0 Å². The number of pyridine rings is 1. The number of halogens is 1. The largest absolute Gasteiger partial charge is 0.382 e. The van der Waals surface area contributed by atoms with Crippen LogP contribution >= 0.6 is 15.9 Å². The molecule has 1 aliphatic carbocycles. The second-order valence-corrected chi connectivity index (χ2v) is 6.31. The Labute approximate surface area is 96.3 Å². The van der Waals surface area contributed by atoms with Crippen molar-refractivity contribution in [2.45, 2.75) is 18.1 Å². The molecule has 0 amide bonds. The minimum atomic E-state index is -3.27. The van der Waals surface area contributed by atoms with E-state index < -0.39 is 10.0 Å². The predicted molar refractivity (Wildman–Crippen MR) is 61.9 cm³/mol. The summed E-state index contributed by atoms with van der Waals surface area (Å²) in [6, 6.07) is 1.60. The highest BCUT2D eigenvalue weighted by Gasteiger charge is 2.36. The first kappa shape index (κ1) is 10.7. The lowest BCUT2D eigenvalue weighted by Crippen LogP contribution is -2.18. The van der Waals surface area contributed by atoms with Gasteiger partial charge in [0, 0.05) is 10.7 Å². The molecule has 0 aliphatic heterocycles. The standard InChI is InChI=1S/C8H10BrN3O2S/c9-5-3-7(8(10)11-4-5)12-15(13,14)6-1-2-6/h3-4,6,12H,1-2H2,(H2,10,11). The molecule has 15 heavy (non-hydrogen) atoms. The molecular weight excluding hydrogens is 282 g/mol. The Morgan fingerprint density at radius 3 is 2.80 bits per heavy atom. The zero-order valence-corrected chi connectivity index (χ0v) is 10.2. The molecule has 0 unspecified atom stereocenters. The van der Waals surface area contributed by atoms with Crippen molar-refractivity contribution in [1.29, 1.82) is 0 Å². The fraction of sp³-hybridized carbons (Fsp3) is 0.375. The van der Waals surface area contributed by atoms with Gasteiger partial charge >= 0.3 is 0 Å². The molecule has 7 heteroatoms. The second-order valence-electron chi connectivity index (χ2n) is 3.43. The van der Waals surface area contributed by atoms with Crippen LogP contribution in [0.3, 0.4) is 0 Å². The second kappa shape index (κ2) is 3.64.